The molecule has 3 aromatic rings. The molecule has 38 heavy (non-hydrogen) atoms. The van der Waals surface area contributed by atoms with Crippen LogP contribution in [0.25, 0.3) is 10.9 Å². The van der Waals surface area contributed by atoms with Gasteiger partial charge in [0.1, 0.15) is 17.0 Å². The minimum absolute atomic E-state index is 0.0489. The number of halogens is 2. The zero-order valence-corrected chi connectivity index (χ0v) is 21.6. The molecule has 3 atom stereocenters. The van der Waals surface area contributed by atoms with E-state index in [1.165, 1.54) is 14.1 Å². The summed E-state index contributed by atoms with van der Waals surface area (Å²) in [5.41, 5.74) is 2.98. The average Bonchev–Trinajstić information content (AvgIpc) is 3.67. The van der Waals surface area contributed by atoms with Crippen molar-refractivity contribution in [3.63, 3.8) is 0 Å². The van der Waals surface area contributed by atoms with Gasteiger partial charge in [0.2, 0.25) is 5.43 Å². The molecule has 13 heteroatoms. The molecular weight excluding hydrogens is 521 g/mol. The lowest BCUT2D eigenvalue weighted by Gasteiger charge is -2.45. The predicted molar refractivity (Wildman–Crippen MR) is 138 cm³/mol. The molecule has 2 aromatic carbocycles. The fourth-order valence-electron chi connectivity index (χ4n) is 5.28. The third-order valence-electron chi connectivity index (χ3n) is 6.98. The summed E-state index contributed by atoms with van der Waals surface area (Å²) in [6.45, 7) is 3.18. The van der Waals surface area contributed by atoms with Gasteiger partial charge < -0.3 is 29.7 Å². The van der Waals surface area contributed by atoms with Crippen molar-refractivity contribution in [1.29, 1.82) is 0 Å². The van der Waals surface area contributed by atoms with Crippen LogP contribution in [-0.2, 0) is 4.57 Å². The number of aromatic nitrogens is 1. The van der Waals surface area contributed by atoms with Crippen molar-refractivity contribution in [1.82, 2.24) is 9.24 Å². The summed E-state index contributed by atoms with van der Waals surface area (Å²) in [5.74, 6) is -3.52. The van der Waals surface area contributed by atoms with Gasteiger partial charge in [0.05, 0.1) is 16.6 Å². The number of benzene rings is 2. The van der Waals surface area contributed by atoms with Crippen molar-refractivity contribution < 1.29 is 32.7 Å². The number of carboxylic acids is 1. The highest BCUT2D eigenvalue weighted by molar-refractivity contribution is 7.50. The second-order valence-electron chi connectivity index (χ2n) is 9.81. The molecule has 2 fully saturated rings. The molecule has 0 radical (unpaired) electrons. The Bertz CT molecular complexity index is 1530. The predicted octanol–water partition coefficient (Wildman–Crippen LogP) is 3.97. The first kappa shape index (κ1) is 26.1. The maximum absolute atomic E-state index is 16.1. The molecule has 1 aliphatic heterocycles. The smallest absolute Gasteiger partial charge is 0.459 e. The zero-order valence-electron chi connectivity index (χ0n) is 20.7. The van der Waals surface area contributed by atoms with Gasteiger partial charge in [-0.3, -0.25) is 4.79 Å². The Balaban J connectivity index is 1.56. The van der Waals surface area contributed by atoms with E-state index in [2.05, 4.69) is 0 Å². The molecule has 10 nitrogen and oxygen atoms in total. The number of pyridine rings is 1. The molecule has 202 valence electrons. The Morgan fingerprint density at radius 1 is 1.11 bits per heavy atom. The van der Waals surface area contributed by atoms with Crippen LogP contribution in [-0.4, -0.2) is 50.4 Å². The second-order valence-corrected chi connectivity index (χ2v) is 11.4. The van der Waals surface area contributed by atoms with Crippen LogP contribution in [0.2, 0.25) is 0 Å². The van der Waals surface area contributed by atoms with Gasteiger partial charge in [-0.15, -0.1) is 0 Å². The van der Waals surface area contributed by atoms with E-state index >= 15 is 8.78 Å². The van der Waals surface area contributed by atoms with Crippen molar-refractivity contribution in [3.8, 4) is 5.75 Å². The van der Waals surface area contributed by atoms with E-state index in [0.29, 0.717) is 12.8 Å². The van der Waals surface area contributed by atoms with Crippen LogP contribution in [0.4, 0.5) is 20.2 Å². The lowest BCUT2D eigenvalue weighted by molar-refractivity contribution is 0.0694. The molecule has 3 unspecified atom stereocenters. The molecule has 4 N–H and O–H groups in total. The number of nitrogen functional groups attached to an aromatic ring is 1. The summed E-state index contributed by atoms with van der Waals surface area (Å²) in [7, 11) is -4.33. The van der Waals surface area contributed by atoms with E-state index in [-0.39, 0.29) is 30.4 Å². The Morgan fingerprint density at radius 2 is 1.71 bits per heavy atom. The minimum atomic E-state index is -4.33. The van der Waals surface area contributed by atoms with E-state index < -0.39 is 65.2 Å². The average molecular weight is 548 g/mol. The third-order valence-corrected chi connectivity index (χ3v) is 8.80. The van der Waals surface area contributed by atoms with E-state index in [9.17, 15) is 24.2 Å². The molecule has 1 aliphatic carbocycles. The molecule has 2 heterocycles. The molecule has 2 aliphatic rings. The summed E-state index contributed by atoms with van der Waals surface area (Å²) in [6, 6.07) is 6.57. The van der Waals surface area contributed by atoms with E-state index in [4.69, 9.17) is 10.3 Å². The number of fused-ring (bicyclic) bond motifs is 1. The van der Waals surface area contributed by atoms with Crippen LogP contribution in [0.3, 0.4) is 0 Å². The summed E-state index contributed by atoms with van der Waals surface area (Å²) in [4.78, 5) is 36.7. The summed E-state index contributed by atoms with van der Waals surface area (Å²) in [6.07, 6.45) is 2.37. The highest BCUT2D eigenvalue weighted by atomic mass is 31.2. The number of aromatic carboxylic acids is 1. The normalized spacial score (nSPS) is 21.9. The molecule has 0 amide bonds. The zero-order chi connectivity index (χ0) is 27.5. The van der Waals surface area contributed by atoms with E-state index in [0.717, 1.165) is 6.20 Å². The number of para-hydroxylation sites is 1. The number of piperazine rings is 1. The number of anilines is 2. The van der Waals surface area contributed by atoms with Crippen LogP contribution in [0.15, 0.2) is 41.3 Å². The maximum atomic E-state index is 16.1. The van der Waals surface area contributed by atoms with Crippen LogP contribution in [0, 0.1) is 11.6 Å². The van der Waals surface area contributed by atoms with Crippen LogP contribution in [0.1, 0.15) is 43.1 Å². The van der Waals surface area contributed by atoms with Crippen molar-refractivity contribution in [2.75, 3.05) is 23.7 Å². The van der Waals surface area contributed by atoms with Crippen molar-refractivity contribution in [2.24, 2.45) is 0 Å². The fourth-order valence-corrected chi connectivity index (χ4v) is 6.92. The summed E-state index contributed by atoms with van der Waals surface area (Å²) in [5, 5.41) is 8.97. The maximum Gasteiger partial charge on any atom is 0.459 e. The lowest BCUT2D eigenvalue weighted by Crippen LogP contribution is -2.56. The van der Waals surface area contributed by atoms with Gasteiger partial charge >= 0.3 is 13.7 Å². The molecular formula is C25H27F2N4O6P. The van der Waals surface area contributed by atoms with Crippen LogP contribution >= 0.6 is 7.75 Å². The van der Waals surface area contributed by atoms with Crippen LogP contribution < -0.4 is 20.6 Å². The topological polar surface area (TPSA) is 138 Å². The van der Waals surface area contributed by atoms with Gasteiger partial charge in [-0.05, 0) is 38.8 Å². The third kappa shape index (κ3) is 4.32. The number of carboxylic acid groups (broad SMARTS) is 1. The number of carbonyl (C=O) groups is 1. The molecule has 1 saturated heterocycles. The summed E-state index contributed by atoms with van der Waals surface area (Å²) < 4.78 is 53.1. The molecule has 1 saturated carbocycles. The summed E-state index contributed by atoms with van der Waals surface area (Å²) >= 11 is 0. The van der Waals surface area contributed by atoms with Gasteiger partial charge in [-0.2, -0.15) is 4.67 Å². The van der Waals surface area contributed by atoms with E-state index in [1.54, 1.807) is 44.2 Å². The number of rotatable bonds is 6. The molecule has 5 rings (SSSR count). The highest BCUT2D eigenvalue weighted by Crippen LogP contribution is 2.51. The van der Waals surface area contributed by atoms with Gasteiger partial charge in [-0.25, -0.2) is 18.1 Å². The number of nitrogens with two attached hydrogens (primary N) is 1. The van der Waals surface area contributed by atoms with E-state index in [1.807, 2.05) is 0 Å². The Labute approximate surface area is 216 Å². The first-order valence-electron chi connectivity index (χ1n) is 12.1. The first-order chi connectivity index (χ1) is 17.9. The largest absolute Gasteiger partial charge is 0.477 e. The van der Waals surface area contributed by atoms with Crippen molar-refractivity contribution in [3.05, 3.63) is 63.9 Å². The molecule has 0 bridgehead atoms. The first-order valence-corrected chi connectivity index (χ1v) is 13.6. The monoisotopic (exact) mass is 548 g/mol. The second kappa shape index (κ2) is 9.37. The number of nitrogens with zero attached hydrogens (tertiary/aromatic N) is 3. The van der Waals surface area contributed by atoms with Gasteiger partial charge in [0.25, 0.3) is 0 Å². The number of hydrogen-bond acceptors (Lipinski definition) is 6. The van der Waals surface area contributed by atoms with Gasteiger partial charge in [0.15, 0.2) is 11.6 Å². The van der Waals surface area contributed by atoms with Crippen molar-refractivity contribution in [2.45, 2.75) is 44.8 Å². The Hall–Kier alpha value is -3.47. The fraction of sp³-hybridized carbons (Fsp3) is 0.360. The minimum Gasteiger partial charge on any atom is -0.477 e. The molecule has 0 spiro atoms. The Kier molecular flexibility index (Phi) is 6.45. The lowest BCUT2D eigenvalue weighted by atomic mass is 10.0. The van der Waals surface area contributed by atoms with Gasteiger partial charge in [0, 0.05) is 37.4 Å². The van der Waals surface area contributed by atoms with Gasteiger partial charge in [-0.1, -0.05) is 18.2 Å². The highest BCUT2D eigenvalue weighted by Gasteiger charge is 2.44. The molecule has 1 aromatic heterocycles. The quantitative estimate of drug-likeness (QED) is 0.309. The number of hydrogen-bond donors (Lipinski definition) is 3. The van der Waals surface area contributed by atoms with Crippen molar-refractivity contribution >= 4 is 36.0 Å². The van der Waals surface area contributed by atoms with Crippen LogP contribution in [0.5, 0.6) is 5.75 Å². The standard InChI is InChI=1S/C25H27F2N4O6P/c1-13-10-29(11-14(2)31(13)38(35,36)37-16-6-4-3-5-7-16)23-19(26)21(28)18-22(20(23)27)30(15-8-9-15)12-17(24(18)32)25(33)34/h3-7,12-15H,8-11,28H2,1-2H3,(H,33,34)(H,35,36). The Morgan fingerprint density at radius 3 is 2.26 bits per heavy atom. The SMILES string of the molecule is CC1CN(c2c(F)c(N)c3c(=O)c(C(=O)O)cn(C4CC4)c3c2F)CC(C)N1P(=O)(O)Oc1ccccc1.